The van der Waals surface area contributed by atoms with Crippen LogP contribution in [0.15, 0.2) is 12.3 Å². The number of nitriles is 1. The van der Waals surface area contributed by atoms with E-state index in [4.69, 9.17) is 5.26 Å². The Morgan fingerprint density at radius 3 is 3.13 bits per heavy atom. The summed E-state index contributed by atoms with van der Waals surface area (Å²) in [6, 6.07) is 4.33. The van der Waals surface area contributed by atoms with E-state index in [0.717, 1.165) is 30.8 Å². The van der Waals surface area contributed by atoms with Crippen molar-refractivity contribution in [3.63, 3.8) is 0 Å². The van der Waals surface area contributed by atoms with Crippen molar-refractivity contribution in [3.8, 4) is 6.07 Å². The minimum atomic E-state index is 0.475. The van der Waals surface area contributed by atoms with E-state index in [0.29, 0.717) is 11.7 Å². The van der Waals surface area contributed by atoms with E-state index in [1.54, 1.807) is 6.20 Å². The number of aromatic nitrogens is 1. The molecule has 0 aromatic carbocycles. The molecule has 0 bridgehead atoms. The molecule has 1 aliphatic rings. The van der Waals surface area contributed by atoms with E-state index in [1.807, 2.05) is 19.1 Å². The van der Waals surface area contributed by atoms with Crippen LogP contribution in [0.1, 0.15) is 17.7 Å². The van der Waals surface area contributed by atoms with Gasteiger partial charge in [-0.2, -0.15) is 5.26 Å². The molecule has 1 atom stereocenters. The molecule has 0 amide bonds. The topological polar surface area (TPSA) is 60.7 Å². The Labute approximate surface area is 89.3 Å². The summed E-state index contributed by atoms with van der Waals surface area (Å²) in [6.07, 6.45) is 2.88. The second-order valence-electron chi connectivity index (χ2n) is 3.83. The van der Waals surface area contributed by atoms with Crippen LogP contribution in [-0.2, 0) is 0 Å². The molecule has 4 nitrogen and oxygen atoms in total. The van der Waals surface area contributed by atoms with Crippen LogP contribution in [0.2, 0.25) is 0 Å². The highest BCUT2D eigenvalue weighted by Crippen LogP contribution is 2.16. The molecule has 1 unspecified atom stereocenters. The Hall–Kier alpha value is -1.60. The summed E-state index contributed by atoms with van der Waals surface area (Å²) < 4.78 is 0. The lowest BCUT2D eigenvalue weighted by Gasteiger charge is -2.14. The van der Waals surface area contributed by atoms with Gasteiger partial charge in [-0.3, -0.25) is 0 Å². The molecule has 1 aromatic heterocycles. The van der Waals surface area contributed by atoms with Crippen molar-refractivity contribution in [3.05, 3.63) is 23.5 Å². The fourth-order valence-corrected chi connectivity index (χ4v) is 1.77. The van der Waals surface area contributed by atoms with Crippen LogP contribution in [-0.4, -0.2) is 24.1 Å². The van der Waals surface area contributed by atoms with Gasteiger partial charge in [0.25, 0.3) is 0 Å². The molecule has 0 aliphatic carbocycles. The normalized spacial score (nSPS) is 19.9. The highest BCUT2D eigenvalue weighted by molar-refractivity contribution is 5.51. The monoisotopic (exact) mass is 202 g/mol. The van der Waals surface area contributed by atoms with Crippen molar-refractivity contribution in [2.45, 2.75) is 19.4 Å². The zero-order chi connectivity index (χ0) is 10.7. The lowest BCUT2D eigenvalue weighted by atomic mass is 10.2. The summed E-state index contributed by atoms with van der Waals surface area (Å²) in [7, 11) is 0. The molecule has 2 rings (SSSR count). The van der Waals surface area contributed by atoms with E-state index in [1.165, 1.54) is 0 Å². The predicted molar refractivity (Wildman–Crippen MR) is 58.6 cm³/mol. The van der Waals surface area contributed by atoms with Crippen molar-refractivity contribution in [1.82, 2.24) is 10.3 Å². The van der Waals surface area contributed by atoms with Gasteiger partial charge >= 0.3 is 0 Å². The number of hydrogen-bond donors (Lipinski definition) is 2. The number of pyridine rings is 1. The third kappa shape index (κ3) is 2.25. The molecule has 1 aliphatic heterocycles. The summed E-state index contributed by atoms with van der Waals surface area (Å²) in [5, 5.41) is 15.4. The van der Waals surface area contributed by atoms with E-state index in [-0.39, 0.29) is 0 Å². The number of nitrogens with one attached hydrogen (secondary N) is 2. The fraction of sp³-hybridized carbons (Fsp3) is 0.455. The Bertz CT molecular complexity index is 388. The Morgan fingerprint density at radius 2 is 2.53 bits per heavy atom. The highest BCUT2D eigenvalue weighted by atomic mass is 15.0. The van der Waals surface area contributed by atoms with E-state index >= 15 is 0 Å². The maximum atomic E-state index is 8.69. The minimum Gasteiger partial charge on any atom is -0.380 e. The quantitative estimate of drug-likeness (QED) is 0.752. The Kier molecular flexibility index (Phi) is 2.84. The molecule has 78 valence electrons. The average molecular weight is 202 g/mol. The van der Waals surface area contributed by atoms with E-state index < -0.39 is 0 Å². The fourth-order valence-electron chi connectivity index (χ4n) is 1.77. The van der Waals surface area contributed by atoms with Gasteiger partial charge in [-0.05, 0) is 31.5 Å². The molecule has 1 saturated heterocycles. The van der Waals surface area contributed by atoms with E-state index in [9.17, 15) is 0 Å². The first-order valence-corrected chi connectivity index (χ1v) is 5.13. The van der Waals surface area contributed by atoms with Gasteiger partial charge < -0.3 is 10.6 Å². The van der Waals surface area contributed by atoms with Crippen LogP contribution in [0, 0.1) is 18.3 Å². The Balaban J connectivity index is 2.11. The van der Waals surface area contributed by atoms with Gasteiger partial charge in [0.1, 0.15) is 11.8 Å². The maximum absolute atomic E-state index is 8.69. The van der Waals surface area contributed by atoms with Gasteiger partial charge in [0.05, 0.1) is 11.9 Å². The predicted octanol–water partition coefficient (Wildman–Crippen LogP) is 1.04. The smallest absolute Gasteiger partial charge is 0.140 e. The van der Waals surface area contributed by atoms with E-state index in [2.05, 4.69) is 15.6 Å². The maximum Gasteiger partial charge on any atom is 0.140 e. The zero-order valence-electron chi connectivity index (χ0n) is 8.75. The van der Waals surface area contributed by atoms with Gasteiger partial charge in [-0.1, -0.05) is 0 Å². The van der Waals surface area contributed by atoms with Gasteiger partial charge in [-0.25, -0.2) is 4.98 Å². The second-order valence-corrected chi connectivity index (χ2v) is 3.83. The molecular formula is C11H14N4. The molecule has 0 spiro atoms. The highest BCUT2D eigenvalue weighted by Gasteiger charge is 2.14. The third-order valence-corrected chi connectivity index (χ3v) is 2.65. The van der Waals surface area contributed by atoms with Gasteiger partial charge in [0, 0.05) is 12.6 Å². The standard InChI is InChI=1S/C11H14N4/c1-8-4-10(5-12)14-7-11(8)15-9-2-3-13-6-9/h4,7,9,13,15H,2-3,6H2,1H3. The van der Waals surface area contributed by atoms with Crippen molar-refractivity contribution < 1.29 is 0 Å². The second kappa shape index (κ2) is 4.28. The van der Waals surface area contributed by atoms with Crippen molar-refractivity contribution in [2.24, 2.45) is 0 Å². The molecule has 2 N–H and O–H groups in total. The van der Waals surface area contributed by atoms with Crippen LogP contribution in [0.4, 0.5) is 5.69 Å². The lowest BCUT2D eigenvalue weighted by molar-refractivity contribution is 0.791. The van der Waals surface area contributed by atoms with Crippen molar-refractivity contribution in [1.29, 1.82) is 5.26 Å². The number of rotatable bonds is 2. The average Bonchev–Trinajstić information content (AvgIpc) is 2.74. The summed E-state index contributed by atoms with van der Waals surface area (Å²) in [5.74, 6) is 0. The lowest BCUT2D eigenvalue weighted by Crippen LogP contribution is -2.22. The summed E-state index contributed by atoms with van der Waals surface area (Å²) in [5.41, 5.74) is 2.58. The van der Waals surface area contributed by atoms with Crippen LogP contribution >= 0.6 is 0 Å². The van der Waals surface area contributed by atoms with Gasteiger partial charge in [0.2, 0.25) is 0 Å². The Morgan fingerprint density at radius 1 is 1.67 bits per heavy atom. The number of aryl methyl sites for hydroxylation is 1. The first-order chi connectivity index (χ1) is 7.29. The zero-order valence-corrected chi connectivity index (χ0v) is 8.75. The van der Waals surface area contributed by atoms with Crippen LogP contribution in [0.25, 0.3) is 0 Å². The number of nitrogens with zero attached hydrogens (tertiary/aromatic N) is 2. The number of hydrogen-bond acceptors (Lipinski definition) is 4. The van der Waals surface area contributed by atoms with Gasteiger partial charge in [0.15, 0.2) is 0 Å². The largest absolute Gasteiger partial charge is 0.380 e. The van der Waals surface area contributed by atoms with Crippen LogP contribution < -0.4 is 10.6 Å². The van der Waals surface area contributed by atoms with Crippen molar-refractivity contribution >= 4 is 5.69 Å². The summed E-state index contributed by atoms with van der Waals surface area (Å²) >= 11 is 0. The third-order valence-electron chi connectivity index (χ3n) is 2.65. The van der Waals surface area contributed by atoms with Crippen LogP contribution in [0.3, 0.4) is 0 Å². The van der Waals surface area contributed by atoms with Gasteiger partial charge in [-0.15, -0.1) is 0 Å². The molecular weight excluding hydrogens is 188 g/mol. The van der Waals surface area contributed by atoms with Crippen LogP contribution in [0.5, 0.6) is 0 Å². The van der Waals surface area contributed by atoms with Crippen molar-refractivity contribution in [2.75, 3.05) is 18.4 Å². The molecule has 1 fully saturated rings. The first kappa shape index (κ1) is 9.94. The number of anilines is 1. The SMILES string of the molecule is Cc1cc(C#N)ncc1NC1CCNC1. The molecule has 4 heteroatoms. The molecule has 0 saturated carbocycles. The molecule has 2 heterocycles. The summed E-state index contributed by atoms with van der Waals surface area (Å²) in [6.45, 7) is 4.06. The summed E-state index contributed by atoms with van der Waals surface area (Å²) in [4.78, 5) is 4.06. The first-order valence-electron chi connectivity index (χ1n) is 5.13. The molecule has 15 heavy (non-hydrogen) atoms. The minimum absolute atomic E-state index is 0.475. The molecule has 1 aromatic rings. The molecule has 0 radical (unpaired) electrons.